The second-order valence-electron chi connectivity index (χ2n) is 7.78. The molecule has 7 heteroatoms. The highest BCUT2D eigenvalue weighted by Crippen LogP contribution is 2.21. The molecule has 1 N–H and O–H groups in total. The number of aryl methyl sites for hydroxylation is 1. The Balaban J connectivity index is 1.41. The first-order valence-corrected chi connectivity index (χ1v) is 11.0. The number of benzene rings is 2. The zero-order valence-electron chi connectivity index (χ0n) is 17.6. The Kier molecular flexibility index (Phi) is 8.01. The maximum Gasteiger partial charge on any atom is 0.238 e. The highest BCUT2D eigenvalue weighted by molar-refractivity contribution is 9.10. The van der Waals surface area contributed by atoms with Crippen molar-refractivity contribution in [3.63, 3.8) is 0 Å². The van der Waals surface area contributed by atoms with E-state index < -0.39 is 0 Å². The summed E-state index contributed by atoms with van der Waals surface area (Å²) >= 11 is 3.42. The van der Waals surface area contributed by atoms with Crippen molar-refractivity contribution in [3.8, 4) is 0 Å². The van der Waals surface area contributed by atoms with Gasteiger partial charge in [0.15, 0.2) is 0 Å². The Bertz CT molecular complexity index is 881. The van der Waals surface area contributed by atoms with Gasteiger partial charge in [0.05, 0.1) is 18.8 Å². The second-order valence-corrected chi connectivity index (χ2v) is 8.64. The number of anilines is 1. The molecule has 160 valence electrons. The van der Waals surface area contributed by atoms with Gasteiger partial charge < -0.3 is 10.2 Å². The van der Waals surface area contributed by atoms with E-state index in [-0.39, 0.29) is 24.9 Å². The number of hydrogen-bond donors (Lipinski definition) is 1. The van der Waals surface area contributed by atoms with Crippen molar-refractivity contribution in [2.45, 2.75) is 13.5 Å². The maximum atomic E-state index is 12.6. The normalized spacial score (nSPS) is 14.7. The molecular weight excluding hydrogens is 444 g/mol. The number of nitrogens with zero attached hydrogens (tertiary/aromatic N) is 3. The first kappa shape index (κ1) is 22.5. The van der Waals surface area contributed by atoms with Crippen LogP contribution in [-0.4, -0.2) is 72.8 Å². The molecule has 2 amide bonds. The lowest BCUT2D eigenvalue weighted by molar-refractivity contribution is -0.134. The summed E-state index contributed by atoms with van der Waals surface area (Å²) in [5.41, 5.74) is 3.37. The number of likely N-dealkylation sites (N-methyl/N-ethyl adjacent to an activating group) is 1. The molecule has 0 aromatic heterocycles. The summed E-state index contributed by atoms with van der Waals surface area (Å²) < 4.78 is 0.834. The van der Waals surface area contributed by atoms with Crippen molar-refractivity contribution in [3.05, 3.63) is 64.1 Å². The summed E-state index contributed by atoms with van der Waals surface area (Å²) in [7, 11) is 1.80. The topological polar surface area (TPSA) is 55.9 Å². The number of hydrogen-bond acceptors (Lipinski definition) is 4. The Morgan fingerprint density at radius 1 is 1.00 bits per heavy atom. The molecular formula is C23H29BrN4O2. The van der Waals surface area contributed by atoms with E-state index in [0.717, 1.165) is 42.9 Å². The van der Waals surface area contributed by atoms with E-state index >= 15 is 0 Å². The molecule has 0 atom stereocenters. The van der Waals surface area contributed by atoms with Gasteiger partial charge in [-0.1, -0.05) is 36.4 Å². The van der Waals surface area contributed by atoms with Crippen LogP contribution in [0.25, 0.3) is 0 Å². The lowest BCUT2D eigenvalue weighted by atomic mass is 10.1. The zero-order chi connectivity index (χ0) is 21.5. The summed E-state index contributed by atoms with van der Waals surface area (Å²) in [6.45, 7) is 6.64. The molecule has 2 aromatic rings. The predicted octanol–water partition coefficient (Wildman–Crippen LogP) is 2.97. The van der Waals surface area contributed by atoms with Crippen molar-refractivity contribution in [2.24, 2.45) is 0 Å². The number of piperazine rings is 1. The molecule has 3 rings (SSSR count). The standard InChI is InChI=1S/C23H29BrN4O2/c1-18-7-3-4-8-19(18)15-27-11-13-28(14-12-27)23(30)17-26(2)16-22(29)25-21-10-6-5-9-20(21)24/h3-10H,11-17H2,1-2H3,(H,25,29). The van der Waals surface area contributed by atoms with Crippen molar-refractivity contribution in [2.75, 3.05) is 51.6 Å². The number of rotatable bonds is 7. The summed E-state index contributed by atoms with van der Waals surface area (Å²) in [5.74, 6) is -0.0676. The van der Waals surface area contributed by atoms with Crippen LogP contribution in [0.15, 0.2) is 53.0 Å². The van der Waals surface area contributed by atoms with Gasteiger partial charge in [-0.2, -0.15) is 0 Å². The maximum absolute atomic E-state index is 12.6. The van der Waals surface area contributed by atoms with Crippen molar-refractivity contribution in [1.82, 2.24) is 14.7 Å². The molecule has 1 aliphatic rings. The van der Waals surface area contributed by atoms with Gasteiger partial charge >= 0.3 is 0 Å². The van der Waals surface area contributed by atoms with Gasteiger partial charge in [0.25, 0.3) is 0 Å². The minimum absolute atomic E-state index is 0.0710. The molecule has 2 aromatic carbocycles. The summed E-state index contributed by atoms with van der Waals surface area (Å²) in [6.07, 6.45) is 0. The average molecular weight is 473 g/mol. The van der Waals surface area contributed by atoms with Crippen LogP contribution in [0.1, 0.15) is 11.1 Å². The van der Waals surface area contributed by atoms with Crippen molar-refractivity contribution < 1.29 is 9.59 Å². The Morgan fingerprint density at radius 2 is 1.67 bits per heavy atom. The van der Waals surface area contributed by atoms with E-state index in [1.807, 2.05) is 29.2 Å². The molecule has 1 saturated heterocycles. The van der Waals surface area contributed by atoms with Crippen LogP contribution < -0.4 is 5.32 Å². The van der Waals surface area contributed by atoms with Crippen LogP contribution in [0.4, 0.5) is 5.69 Å². The van der Waals surface area contributed by atoms with Gasteiger partial charge in [-0.15, -0.1) is 0 Å². The molecule has 0 saturated carbocycles. The number of amides is 2. The quantitative estimate of drug-likeness (QED) is 0.672. The molecule has 1 heterocycles. The van der Waals surface area contributed by atoms with E-state index in [4.69, 9.17) is 0 Å². The van der Waals surface area contributed by atoms with E-state index in [1.54, 1.807) is 11.9 Å². The molecule has 6 nitrogen and oxygen atoms in total. The summed E-state index contributed by atoms with van der Waals surface area (Å²) in [6, 6.07) is 15.9. The number of carbonyl (C=O) groups excluding carboxylic acids is 2. The third-order valence-electron chi connectivity index (χ3n) is 5.35. The van der Waals surface area contributed by atoms with Gasteiger partial charge in [-0.05, 0) is 53.2 Å². The van der Waals surface area contributed by atoms with Crippen LogP contribution in [0.3, 0.4) is 0 Å². The second kappa shape index (κ2) is 10.7. The van der Waals surface area contributed by atoms with Crippen LogP contribution in [0.5, 0.6) is 0 Å². The first-order chi connectivity index (χ1) is 14.4. The fraction of sp³-hybridized carbons (Fsp3) is 0.391. The monoisotopic (exact) mass is 472 g/mol. The first-order valence-electron chi connectivity index (χ1n) is 10.2. The molecule has 0 bridgehead atoms. The van der Waals surface area contributed by atoms with E-state index in [9.17, 15) is 9.59 Å². The van der Waals surface area contributed by atoms with Crippen molar-refractivity contribution >= 4 is 33.4 Å². The summed E-state index contributed by atoms with van der Waals surface area (Å²) in [4.78, 5) is 31.0. The number of carbonyl (C=O) groups is 2. The Hall–Kier alpha value is -2.22. The molecule has 0 radical (unpaired) electrons. The summed E-state index contributed by atoms with van der Waals surface area (Å²) in [5, 5.41) is 2.87. The molecule has 1 fully saturated rings. The van der Waals surface area contributed by atoms with Crippen LogP contribution >= 0.6 is 15.9 Å². The van der Waals surface area contributed by atoms with E-state index in [1.165, 1.54) is 11.1 Å². The van der Waals surface area contributed by atoms with E-state index in [2.05, 4.69) is 57.3 Å². The molecule has 1 aliphatic heterocycles. The molecule has 0 aliphatic carbocycles. The van der Waals surface area contributed by atoms with E-state index in [0.29, 0.717) is 0 Å². The minimum atomic E-state index is -0.139. The third kappa shape index (κ3) is 6.39. The molecule has 0 unspecified atom stereocenters. The Morgan fingerprint density at radius 3 is 2.37 bits per heavy atom. The van der Waals surface area contributed by atoms with Gasteiger partial charge in [0, 0.05) is 37.2 Å². The Labute approximate surface area is 187 Å². The lowest BCUT2D eigenvalue weighted by Crippen LogP contribution is -2.51. The van der Waals surface area contributed by atoms with Gasteiger partial charge in [0.1, 0.15) is 0 Å². The lowest BCUT2D eigenvalue weighted by Gasteiger charge is -2.35. The fourth-order valence-electron chi connectivity index (χ4n) is 3.57. The predicted molar refractivity (Wildman–Crippen MR) is 123 cm³/mol. The van der Waals surface area contributed by atoms with Crippen LogP contribution in [0.2, 0.25) is 0 Å². The van der Waals surface area contributed by atoms with Gasteiger partial charge in [-0.3, -0.25) is 19.4 Å². The van der Waals surface area contributed by atoms with Gasteiger partial charge in [-0.25, -0.2) is 0 Å². The average Bonchev–Trinajstić information content (AvgIpc) is 2.72. The van der Waals surface area contributed by atoms with Crippen molar-refractivity contribution in [1.29, 1.82) is 0 Å². The highest BCUT2D eigenvalue weighted by Gasteiger charge is 2.22. The zero-order valence-corrected chi connectivity index (χ0v) is 19.2. The van der Waals surface area contributed by atoms with Crippen LogP contribution in [0, 0.1) is 6.92 Å². The fourth-order valence-corrected chi connectivity index (χ4v) is 3.95. The third-order valence-corrected chi connectivity index (χ3v) is 6.04. The molecule has 30 heavy (non-hydrogen) atoms. The highest BCUT2D eigenvalue weighted by atomic mass is 79.9. The number of halogens is 1. The SMILES string of the molecule is Cc1ccccc1CN1CCN(C(=O)CN(C)CC(=O)Nc2ccccc2Br)CC1. The van der Waals surface area contributed by atoms with Gasteiger partial charge in [0.2, 0.25) is 11.8 Å². The largest absolute Gasteiger partial charge is 0.339 e. The number of nitrogens with one attached hydrogen (secondary N) is 1. The smallest absolute Gasteiger partial charge is 0.238 e. The number of para-hydroxylation sites is 1. The molecule has 0 spiro atoms. The minimum Gasteiger partial charge on any atom is -0.339 e. The van der Waals surface area contributed by atoms with Crippen LogP contribution in [-0.2, 0) is 16.1 Å².